The highest BCUT2D eigenvalue weighted by Crippen LogP contribution is 2.23. The van der Waals surface area contributed by atoms with Crippen LogP contribution >= 0.6 is 11.6 Å². The van der Waals surface area contributed by atoms with E-state index in [9.17, 15) is 18.0 Å². The van der Waals surface area contributed by atoms with Gasteiger partial charge in [0, 0.05) is 18.1 Å². The van der Waals surface area contributed by atoms with Crippen LogP contribution in [-0.2, 0) is 30.9 Å². The molecule has 1 heterocycles. The first kappa shape index (κ1) is 23.0. The second-order valence-electron chi connectivity index (χ2n) is 6.64. The molecule has 1 aliphatic rings. The zero-order chi connectivity index (χ0) is 22.4. The Morgan fingerprint density at radius 3 is 2.39 bits per heavy atom. The summed E-state index contributed by atoms with van der Waals surface area (Å²) in [6, 6.07) is 12.8. The first-order chi connectivity index (χ1) is 14.8. The molecule has 0 spiro atoms. The number of carbonyl (C=O) groups is 2. The van der Waals surface area contributed by atoms with Crippen molar-refractivity contribution in [3.63, 3.8) is 0 Å². The Morgan fingerprint density at radius 2 is 1.74 bits per heavy atom. The Kier molecular flexibility index (Phi) is 7.50. The number of hydrogen-bond donors (Lipinski definition) is 2. The molecule has 0 bridgehead atoms. The van der Waals surface area contributed by atoms with E-state index in [1.165, 1.54) is 19.2 Å². The van der Waals surface area contributed by atoms with E-state index in [4.69, 9.17) is 21.1 Å². The predicted octanol–water partition coefficient (Wildman–Crippen LogP) is 1.13. The van der Waals surface area contributed by atoms with Crippen molar-refractivity contribution in [1.29, 1.82) is 0 Å². The van der Waals surface area contributed by atoms with E-state index < -0.39 is 28.1 Å². The highest BCUT2D eigenvalue weighted by Gasteiger charge is 2.36. The summed E-state index contributed by atoms with van der Waals surface area (Å²) in [6.45, 7) is 0.306. The summed E-state index contributed by atoms with van der Waals surface area (Å²) in [5.41, 5.74) is 0.779. The van der Waals surface area contributed by atoms with Crippen LogP contribution in [0.25, 0.3) is 0 Å². The van der Waals surface area contributed by atoms with Crippen LogP contribution in [0.4, 0.5) is 0 Å². The summed E-state index contributed by atoms with van der Waals surface area (Å²) in [6.07, 6.45) is -0.917. The van der Waals surface area contributed by atoms with Crippen molar-refractivity contribution in [2.75, 3.05) is 26.8 Å². The summed E-state index contributed by atoms with van der Waals surface area (Å²) in [5, 5.41) is 5.48. The van der Waals surface area contributed by atoms with Gasteiger partial charge in [0.05, 0.1) is 25.2 Å². The summed E-state index contributed by atoms with van der Waals surface area (Å²) in [5.74, 6) is -1.19. The van der Waals surface area contributed by atoms with Gasteiger partial charge in [-0.1, -0.05) is 23.7 Å². The van der Waals surface area contributed by atoms with Crippen molar-refractivity contribution < 1.29 is 27.5 Å². The van der Waals surface area contributed by atoms with Crippen molar-refractivity contribution in [2.45, 2.75) is 17.7 Å². The molecule has 0 radical (unpaired) electrons. The second kappa shape index (κ2) is 10.1. The molecule has 2 N–H and O–H groups in total. The topological polar surface area (TPSA) is 114 Å². The number of methoxy groups -OCH3 is 1. The fourth-order valence-electron chi connectivity index (χ4n) is 2.95. The molecule has 31 heavy (non-hydrogen) atoms. The number of amides is 2. The molecule has 11 heteroatoms. The Bertz CT molecular complexity index is 1030. The molecule has 166 valence electrons. The second-order valence-corrected chi connectivity index (χ2v) is 8.96. The molecule has 1 saturated heterocycles. The molecule has 0 aliphatic carbocycles. The Labute approximate surface area is 185 Å². The fourth-order valence-corrected chi connectivity index (χ4v) is 4.59. The van der Waals surface area contributed by atoms with Crippen molar-refractivity contribution >= 4 is 33.4 Å². The summed E-state index contributed by atoms with van der Waals surface area (Å²) < 4.78 is 37.5. The summed E-state index contributed by atoms with van der Waals surface area (Å²) in [4.78, 5) is 24.2. The minimum Gasteiger partial charge on any atom is -0.497 e. The molecule has 0 unspecified atom stereocenters. The first-order valence-electron chi connectivity index (χ1n) is 9.39. The number of halogens is 1. The van der Waals surface area contributed by atoms with Gasteiger partial charge in [-0.05, 0) is 42.0 Å². The minimum atomic E-state index is -3.84. The summed E-state index contributed by atoms with van der Waals surface area (Å²) in [7, 11) is -2.35. The molecule has 3 rings (SSSR count). The Balaban J connectivity index is 1.55. The van der Waals surface area contributed by atoms with Crippen LogP contribution < -0.4 is 15.4 Å². The van der Waals surface area contributed by atoms with Crippen molar-refractivity contribution in [3.05, 3.63) is 59.1 Å². The van der Waals surface area contributed by atoms with Gasteiger partial charge >= 0.3 is 11.8 Å². The number of sulfonamides is 1. The highest BCUT2D eigenvalue weighted by atomic mass is 35.5. The lowest BCUT2D eigenvalue weighted by Gasteiger charge is -2.23. The van der Waals surface area contributed by atoms with Gasteiger partial charge in [-0.2, -0.15) is 4.31 Å². The van der Waals surface area contributed by atoms with Crippen LogP contribution in [0.2, 0.25) is 5.02 Å². The molecule has 9 nitrogen and oxygen atoms in total. The van der Waals surface area contributed by atoms with Gasteiger partial charge in [0.1, 0.15) is 12.0 Å². The van der Waals surface area contributed by atoms with Gasteiger partial charge in [0.15, 0.2) is 0 Å². The van der Waals surface area contributed by atoms with E-state index in [0.29, 0.717) is 10.8 Å². The zero-order valence-corrected chi connectivity index (χ0v) is 18.3. The lowest BCUT2D eigenvalue weighted by atomic mass is 10.2. The average molecular weight is 468 g/mol. The van der Waals surface area contributed by atoms with Gasteiger partial charge < -0.3 is 20.1 Å². The summed E-state index contributed by atoms with van der Waals surface area (Å²) >= 11 is 5.81. The van der Waals surface area contributed by atoms with Crippen LogP contribution in [0.15, 0.2) is 53.4 Å². The SMILES string of the molecule is COc1ccc(S(=O)(=O)N2CCO[C@@H]2CNC(=O)C(=O)NCc2ccc(Cl)cc2)cc1. The number of benzene rings is 2. The number of nitrogens with zero attached hydrogens (tertiary/aromatic N) is 1. The lowest BCUT2D eigenvalue weighted by molar-refractivity contribution is -0.139. The maximum absolute atomic E-state index is 12.9. The number of rotatable bonds is 7. The normalized spacial score (nSPS) is 16.6. The molecule has 0 saturated carbocycles. The van der Waals surface area contributed by atoms with E-state index in [-0.39, 0.29) is 31.1 Å². The van der Waals surface area contributed by atoms with Gasteiger partial charge in [-0.25, -0.2) is 8.42 Å². The predicted molar refractivity (Wildman–Crippen MR) is 113 cm³/mol. The van der Waals surface area contributed by atoms with Crippen LogP contribution in [0.1, 0.15) is 5.56 Å². The first-order valence-corrected chi connectivity index (χ1v) is 11.2. The van der Waals surface area contributed by atoms with Crippen molar-refractivity contribution in [1.82, 2.24) is 14.9 Å². The maximum atomic E-state index is 12.9. The molecule has 1 atom stereocenters. The van der Waals surface area contributed by atoms with Crippen LogP contribution in [-0.4, -0.2) is 57.6 Å². The van der Waals surface area contributed by atoms with Gasteiger partial charge in [-0.15, -0.1) is 0 Å². The van der Waals surface area contributed by atoms with E-state index >= 15 is 0 Å². The molecule has 1 fully saturated rings. The number of hydrogen-bond acceptors (Lipinski definition) is 6. The Morgan fingerprint density at radius 1 is 1.10 bits per heavy atom. The largest absolute Gasteiger partial charge is 0.497 e. The third-order valence-corrected chi connectivity index (χ3v) is 6.77. The standard InChI is InChI=1S/C20H22ClN3O6S/c1-29-16-6-8-17(9-7-16)31(27,28)24-10-11-30-18(24)13-23-20(26)19(25)22-12-14-2-4-15(21)5-3-14/h2-9,18H,10-13H2,1H3,(H,22,25)(H,23,26)/t18-/m1/s1. The monoisotopic (exact) mass is 467 g/mol. The van der Waals surface area contributed by atoms with Gasteiger partial charge in [0.25, 0.3) is 0 Å². The molecular formula is C20H22ClN3O6S. The molecule has 1 aliphatic heterocycles. The fraction of sp³-hybridized carbons (Fsp3) is 0.300. The Hall–Kier alpha value is -2.66. The molecule has 2 aromatic carbocycles. The van der Waals surface area contributed by atoms with E-state index in [0.717, 1.165) is 9.87 Å². The number of nitrogens with one attached hydrogen (secondary N) is 2. The third-order valence-electron chi connectivity index (χ3n) is 4.62. The van der Waals surface area contributed by atoms with E-state index in [2.05, 4.69) is 10.6 Å². The highest BCUT2D eigenvalue weighted by molar-refractivity contribution is 7.89. The molecule has 2 amide bonds. The van der Waals surface area contributed by atoms with E-state index in [1.54, 1.807) is 36.4 Å². The molecule has 2 aromatic rings. The van der Waals surface area contributed by atoms with Crippen LogP contribution in [0.5, 0.6) is 5.75 Å². The third kappa shape index (κ3) is 5.73. The minimum absolute atomic E-state index is 0.0795. The van der Waals surface area contributed by atoms with E-state index in [1.807, 2.05) is 0 Å². The zero-order valence-electron chi connectivity index (χ0n) is 16.7. The number of ether oxygens (including phenoxy) is 2. The van der Waals surface area contributed by atoms with Crippen molar-refractivity contribution in [3.8, 4) is 5.75 Å². The van der Waals surface area contributed by atoms with Crippen LogP contribution in [0.3, 0.4) is 0 Å². The van der Waals surface area contributed by atoms with Crippen LogP contribution in [0, 0.1) is 0 Å². The number of carbonyl (C=O) groups excluding carboxylic acids is 2. The molecule has 0 aromatic heterocycles. The maximum Gasteiger partial charge on any atom is 0.309 e. The van der Waals surface area contributed by atoms with Crippen molar-refractivity contribution in [2.24, 2.45) is 0 Å². The lowest BCUT2D eigenvalue weighted by Crippen LogP contribution is -2.47. The average Bonchev–Trinajstić information content (AvgIpc) is 3.26. The molecular weight excluding hydrogens is 446 g/mol. The van der Waals surface area contributed by atoms with Gasteiger partial charge in [-0.3, -0.25) is 9.59 Å². The smallest absolute Gasteiger partial charge is 0.309 e. The quantitative estimate of drug-likeness (QED) is 0.590. The van der Waals surface area contributed by atoms with Gasteiger partial charge in [0.2, 0.25) is 10.0 Å².